The molecule has 1 heterocycles. The van der Waals surface area contributed by atoms with Crippen LogP contribution < -0.4 is 4.90 Å². The number of benzene rings is 2. The molecule has 2 aromatic carbocycles. The summed E-state index contributed by atoms with van der Waals surface area (Å²) >= 11 is 1.60. The Hall–Kier alpha value is -2.73. The van der Waals surface area contributed by atoms with Crippen LogP contribution in [0.1, 0.15) is 5.69 Å². The average Bonchev–Trinajstić information content (AvgIpc) is 2.97. The predicted molar refractivity (Wildman–Crippen MR) is 98.7 cm³/mol. The lowest BCUT2D eigenvalue weighted by Crippen LogP contribution is -2.07. The maximum Gasteiger partial charge on any atom is 0.269 e. The van der Waals surface area contributed by atoms with Gasteiger partial charge in [-0.2, -0.15) is 0 Å². The monoisotopic (exact) mass is 339 g/mol. The molecule has 24 heavy (non-hydrogen) atoms. The Bertz CT molecular complexity index is 868. The zero-order valence-corrected chi connectivity index (χ0v) is 14.5. The quantitative estimate of drug-likeness (QED) is 0.508. The summed E-state index contributed by atoms with van der Waals surface area (Å²) in [5.41, 5.74) is 4.19. The second kappa shape index (κ2) is 6.41. The first kappa shape index (κ1) is 16.1. The van der Waals surface area contributed by atoms with E-state index in [0.717, 1.165) is 32.4 Å². The third-order valence-electron chi connectivity index (χ3n) is 3.77. The first-order chi connectivity index (χ1) is 11.5. The molecule has 1 aromatic heterocycles. The summed E-state index contributed by atoms with van der Waals surface area (Å²) in [6, 6.07) is 14.9. The molecule has 0 N–H and O–H groups in total. The first-order valence-corrected chi connectivity index (χ1v) is 8.27. The molecule has 0 saturated carbocycles. The van der Waals surface area contributed by atoms with Gasteiger partial charge in [0, 0.05) is 37.5 Å². The van der Waals surface area contributed by atoms with Crippen LogP contribution in [-0.2, 0) is 0 Å². The van der Waals surface area contributed by atoms with E-state index in [1.807, 2.05) is 21.0 Å². The van der Waals surface area contributed by atoms with Crippen LogP contribution in [0, 0.1) is 17.0 Å². The van der Waals surface area contributed by atoms with E-state index in [4.69, 9.17) is 0 Å². The highest BCUT2D eigenvalue weighted by atomic mass is 32.1. The first-order valence-electron chi connectivity index (χ1n) is 7.45. The van der Waals surface area contributed by atoms with Crippen molar-refractivity contribution in [1.82, 2.24) is 4.98 Å². The molecule has 0 saturated heterocycles. The van der Waals surface area contributed by atoms with Gasteiger partial charge in [-0.15, -0.1) is 11.3 Å². The Morgan fingerprint density at radius 3 is 2.12 bits per heavy atom. The molecular formula is C18H17N3O2S. The van der Waals surface area contributed by atoms with Gasteiger partial charge in [-0.25, -0.2) is 4.98 Å². The molecule has 0 aliphatic heterocycles. The summed E-state index contributed by atoms with van der Waals surface area (Å²) in [5.74, 6) is 0. The molecule has 0 bridgehead atoms. The van der Waals surface area contributed by atoms with Gasteiger partial charge in [-0.05, 0) is 48.9 Å². The van der Waals surface area contributed by atoms with Gasteiger partial charge >= 0.3 is 0 Å². The number of rotatable bonds is 4. The fourth-order valence-electron chi connectivity index (χ4n) is 2.42. The molecule has 0 unspecified atom stereocenters. The number of nitro benzene ring substituents is 1. The van der Waals surface area contributed by atoms with Crippen LogP contribution in [0.25, 0.3) is 21.0 Å². The summed E-state index contributed by atoms with van der Waals surface area (Å²) in [6.45, 7) is 1.96. The molecule has 0 radical (unpaired) electrons. The number of thiazole rings is 1. The van der Waals surface area contributed by atoms with E-state index in [0.29, 0.717) is 0 Å². The van der Waals surface area contributed by atoms with Crippen LogP contribution in [-0.4, -0.2) is 24.0 Å². The highest BCUT2D eigenvalue weighted by Gasteiger charge is 2.13. The van der Waals surface area contributed by atoms with Gasteiger partial charge in [-0.3, -0.25) is 10.1 Å². The molecule has 0 aliphatic carbocycles. The summed E-state index contributed by atoms with van der Waals surface area (Å²) in [4.78, 5) is 18.1. The minimum Gasteiger partial charge on any atom is -0.378 e. The second-order valence-electron chi connectivity index (χ2n) is 5.68. The topological polar surface area (TPSA) is 59.3 Å². The van der Waals surface area contributed by atoms with Crippen LogP contribution in [0.3, 0.4) is 0 Å². The maximum atomic E-state index is 10.8. The maximum absolute atomic E-state index is 10.8. The van der Waals surface area contributed by atoms with Gasteiger partial charge in [0.05, 0.1) is 15.5 Å². The van der Waals surface area contributed by atoms with Crippen molar-refractivity contribution in [3.05, 3.63) is 64.3 Å². The standard InChI is InChI=1S/C18H17N3O2S/c1-12-17(13-4-10-16(11-5-13)21(22)23)24-18(19-12)14-6-8-15(9-7-14)20(2)3/h4-11H,1-3H3. The lowest BCUT2D eigenvalue weighted by molar-refractivity contribution is -0.384. The second-order valence-corrected chi connectivity index (χ2v) is 6.68. The van der Waals surface area contributed by atoms with E-state index in [1.165, 1.54) is 12.1 Å². The number of nitrogens with zero attached hydrogens (tertiary/aromatic N) is 3. The Labute approximate surface area is 144 Å². The lowest BCUT2D eigenvalue weighted by Gasteiger charge is -2.11. The minimum atomic E-state index is -0.388. The van der Waals surface area contributed by atoms with Crippen LogP contribution in [0.4, 0.5) is 11.4 Å². The highest BCUT2D eigenvalue weighted by Crippen LogP contribution is 2.36. The SMILES string of the molecule is Cc1nc(-c2ccc(N(C)C)cc2)sc1-c1ccc([N+](=O)[O-])cc1. The molecule has 0 spiro atoms. The lowest BCUT2D eigenvalue weighted by atomic mass is 10.1. The number of hydrogen-bond acceptors (Lipinski definition) is 5. The van der Waals surface area contributed by atoms with Crippen molar-refractivity contribution in [3.63, 3.8) is 0 Å². The molecule has 0 atom stereocenters. The Morgan fingerprint density at radius 1 is 1.00 bits per heavy atom. The van der Waals surface area contributed by atoms with Crippen molar-refractivity contribution < 1.29 is 4.92 Å². The van der Waals surface area contributed by atoms with Gasteiger partial charge in [0.15, 0.2) is 0 Å². The molecule has 0 aliphatic rings. The van der Waals surface area contributed by atoms with Gasteiger partial charge < -0.3 is 4.90 Å². The van der Waals surface area contributed by atoms with Crippen molar-refractivity contribution in [1.29, 1.82) is 0 Å². The number of anilines is 1. The smallest absolute Gasteiger partial charge is 0.269 e. The van der Waals surface area contributed by atoms with Crippen LogP contribution in [0.15, 0.2) is 48.5 Å². The van der Waals surface area contributed by atoms with E-state index >= 15 is 0 Å². The molecule has 3 rings (SSSR count). The molecule has 6 heteroatoms. The normalized spacial score (nSPS) is 10.6. The van der Waals surface area contributed by atoms with Crippen molar-refractivity contribution in [3.8, 4) is 21.0 Å². The molecule has 3 aromatic rings. The number of non-ortho nitro benzene ring substituents is 1. The number of nitro groups is 1. The van der Waals surface area contributed by atoms with Crippen molar-refractivity contribution >= 4 is 22.7 Å². The molecule has 122 valence electrons. The zero-order chi connectivity index (χ0) is 17.3. The van der Waals surface area contributed by atoms with Gasteiger partial charge in [-0.1, -0.05) is 0 Å². The Balaban J connectivity index is 1.93. The van der Waals surface area contributed by atoms with Crippen LogP contribution >= 0.6 is 11.3 Å². The van der Waals surface area contributed by atoms with Crippen molar-refractivity contribution in [2.24, 2.45) is 0 Å². The van der Waals surface area contributed by atoms with Crippen LogP contribution in [0.5, 0.6) is 0 Å². The molecule has 5 nitrogen and oxygen atoms in total. The predicted octanol–water partition coefficient (Wildman–Crippen LogP) is 4.76. The Morgan fingerprint density at radius 2 is 1.58 bits per heavy atom. The summed E-state index contributed by atoms with van der Waals surface area (Å²) in [6.07, 6.45) is 0. The molecule has 0 fully saturated rings. The summed E-state index contributed by atoms with van der Waals surface area (Å²) in [7, 11) is 4.02. The van der Waals surface area contributed by atoms with E-state index in [-0.39, 0.29) is 10.6 Å². The fraction of sp³-hybridized carbons (Fsp3) is 0.167. The van der Waals surface area contributed by atoms with Crippen LogP contribution in [0.2, 0.25) is 0 Å². The third-order valence-corrected chi connectivity index (χ3v) is 5.02. The van der Waals surface area contributed by atoms with E-state index in [2.05, 4.69) is 34.1 Å². The number of aromatic nitrogens is 1. The zero-order valence-electron chi connectivity index (χ0n) is 13.7. The van der Waals surface area contributed by atoms with E-state index < -0.39 is 0 Å². The summed E-state index contributed by atoms with van der Waals surface area (Å²) in [5, 5.41) is 11.7. The number of hydrogen-bond donors (Lipinski definition) is 0. The largest absolute Gasteiger partial charge is 0.378 e. The van der Waals surface area contributed by atoms with Crippen molar-refractivity contribution in [2.75, 3.05) is 19.0 Å². The van der Waals surface area contributed by atoms with Gasteiger partial charge in [0.1, 0.15) is 5.01 Å². The Kier molecular flexibility index (Phi) is 4.31. The molecule has 0 amide bonds. The summed E-state index contributed by atoms with van der Waals surface area (Å²) < 4.78 is 0. The van der Waals surface area contributed by atoms with Crippen molar-refractivity contribution in [2.45, 2.75) is 6.92 Å². The van der Waals surface area contributed by atoms with Gasteiger partial charge in [0.25, 0.3) is 5.69 Å². The minimum absolute atomic E-state index is 0.0976. The third kappa shape index (κ3) is 3.14. The van der Waals surface area contributed by atoms with Gasteiger partial charge in [0.2, 0.25) is 0 Å². The van der Waals surface area contributed by atoms with E-state index in [9.17, 15) is 10.1 Å². The average molecular weight is 339 g/mol. The highest BCUT2D eigenvalue weighted by molar-refractivity contribution is 7.18. The van der Waals surface area contributed by atoms with E-state index in [1.54, 1.807) is 23.5 Å². The fourth-order valence-corrected chi connectivity index (χ4v) is 3.50. The number of aryl methyl sites for hydroxylation is 1. The molecular weight excluding hydrogens is 322 g/mol.